The lowest BCUT2D eigenvalue weighted by Crippen LogP contribution is -2.39. The first-order chi connectivity index (χ1) is 15.5. The van der Waals surface area contributed by atoms with Crippen LogP contribution in [0, 0.1) is 0 Å². The number of hydrogen-bond donors (Lipinski definition) is 2. The van der Waals surface area contributed by atoms with Gasteiger partial charge >= 0.3 is 10.2 Å². The third kappa shape index (κ3) is 4.07. The van der Waals surface area contributed by atoms with Crippen LogP contribution in [-0.4, -0.2) is 45.6 Å². The van der Waals surface area contributed by atoms with Gasteiger partial charge in [0.1, 0.15) is 24.7 Å². The first kappa shape index (κ1) is 20.9. The average molecular weight is 459 g/mol. The van der Waals surface area contributed by atoms with Crippen molar-refractivity contribution in [2.45, 2.75) is 31.9 Å². The van der Waals surface area contributed by atoms with Crippen LogP contribution in [0.3, 0.4) is 0 Å². The zero-order chi connectivity index (χ0) is 22.1. The van der Waals surface area contributed by atoms with Gasteiger partial charge in [0.25, 0.3) is 6.02 Å². The Morgan fingerprint density at radius 1 is 1.12 bits per heavy atom. The maximum atomic E-state index is 12.6. The Kier molecular flexibility index (Phi) is 5.56. The molecule has 0 spiro atoms. The first-order valence-corrected chi connectivity index (χ1v) is 12.2. The second kappa shape index (κ2) is 8.51. The highest BCUT2D eigenvalue weighted by molar-refractivity contribution is 7.90. The van der Waals surface area contributed by atoms with E-state index in [4.69, 9.17) is 14.2 Å². The number of nitrogens with one attached hydrogen (secondary N) is 2. The SMILES string of the molecule is COc1cccc2c1C(NC1=Nc3ccc(NS(=O)(=O)N4CCCCC4)cc3CO1)CO2. The molecular weight excluding hydrogens is 432 g/mol. The van der Waals surface area contributed by atoms with E-state index in [-0.39, 0.29) is 12.6 Å². The standard InChI is InChI=1S/C22H26N4O5S/c1-29-19-6-5-7-20-21(19)18(14-30-20)24-22-23-17-9-8-16(12-15(17)13-31-22)25-32(27,28)26-10-3-2-4-11-26/h5-9,12,18,25H,2-4,10-11,13-14H2,1H3,(H,23,24). The molecule has 2 aromatic rings. The fourth-order valence-electron chi connectivity index (χ4n) is 4.24. The van der Waals surface area contributed by atoms with Gasteiger partial charge in [0, 0.05) is 18.7 Å². The topological polar surface area (TPSA) is 101 Å². The largest absolute Gasteiger partial charge is 0.496 e. The van der Waals surface area contributed by atoms with Crippen molar-refractivity contribution in [3.63, 3.8) is 0 Å². The first-order valence-electron chi connectivity index (χ1n) is 10.7. The Balaban J connectivity index is 1.31. The van der Waals surface area contributed by atoms with Crippen LogP contribution in [0.5, 0.6) is 11.5 Å². The molecule has 3 aliphatic heterocycles. The number of hydrogen-bond acceptors (Lipinski definition) is 7. The molecule has 3 heterocycles. The molecule has 0 aliphatic carbocycles. The van der Waals surface area contributed by atoms with Crippen LogP contribution in [0.25, 0.3) is 0 Å². The van der Waals surface area contributed by atoms with Crippen molar-refractivity contribution in [1.82, 2.24) is 9.62 Å². The summed E-state index contributed by atoms with van der Waals surface area (Å²) in [7, 11) is -1.92. The predicted octanol–water partition coefficient (Wildman–Crippen LogP) is 3.08. The Morgan fingerprint density at radius 2 is 1.97 bits per heavy atom. The van der Waals surface area contributed by atoms with Gasteiger partial charge < -0.3 is 19.5 Å². The fraction of sp³-hybridized carbons (Fsp3) is 0.409. The van der Waals surface area contributed by atoms with Gasteiger partial charge in [-0.2, -0.15) is 17.7 Å². The van der Waals surface area contributed by atoms with Gasteiger partial charge in [-0.25, -0.2) is 0 Å². The Bertz CT molecular complexity index is 1150. The third-order valence-corrected chi connectivity index (χ3v) is 7.40. The van der Waals surface area contributed by atoms with Crippen molar-refractivity contribution in [3.05, 3.63) is 47.5 Å². The molecular formula is C22H26N4O5S. The van der Waals surface area contributed by atoms with E-state index >= 15 is 0 Å². The molecule has 0 saturated carbocycles. The van der Waals surface area contributed by atoms with E-state index in [2.05, 4.69) is 15.0 Å². The van der Waals surface area contributed by atoms with Crippen molar-refractivity contribution < 1.29 is 22.6 Å². The number of anilines is 1. The fourth-order valence-corrected chi connectivity index (χ4v) is 5.54. The van der Waals surface area contributed by atoms with Crippen LogP contribution in [0.1, 0.15) is 36.4 Å². The Hall–Kier alpha value is -2.98. The number of rotatable bonds is 5. The molecule has 1 unspecified atom stereocenters. The molecule has 1 atom stereocenters. The number of fused-ring (bicyclic) bond motifs is 2. The van der Waals surface area contributed by atoms with E-state index in [0.717, 1.165) is 47.6 Å². The van der Waals surface area contributed by atoms with Gasteiger partial charge in [0.15, 0.2) is 0 Å². The van der Waals surface area contributed by atoms with Crippen LogP contribution in [0.2, 0.25) is 0 Å². The molecule has 0 bridgehead atoms. The van der Waals surface area contributed by atoms with E-state index in [1.807, 2.05) is 18.2 Å². The zero-order valence-electron chi connectivity index (χ0n) is 17.8. The highest BCUT2D eigenvalue weighted by Gasteiger charge is 2.30. The van der Waals surface area contributed by atoms with Gasteiger partial charge in [0.05, 0.1) is 30.1 Å². The third-order valence-electron chi connectivity index (χ3n) is 5.87. The number of amidine groups is 1. The summed E-state index contributed by atoms with van der Waals surface area (Å²) in [5, 5.41) is 3.29. The van der Waals surface area contributed by atoms with E-state index in [1.165, 1.54) is 4.31 Å². The van der Waals surface area contributed by atoms with Crippen LogP contribution < -0.4 is 19.5 Å². The van der Waals surface area contributed by atoms with Crippen molar-refractivity contribution >= 4 is 27.6 Å². The molecule has 9 nitrogen and oxygen atoms in total. The summed E-state index contributed by atoms with van der Waals surface area (Å²) in [6.45, 7) is 1.85. The molecule has 5 rings (SSSR count). The average Bonchev–Trinajstić information content (AvgIpc) is 3.22. The smallest absolute Gasteiger partial charge is 0.301 e. The number of aliphatic imine (C=N–C) groups is 1. The summed E-state index contributed by atoms with van der Waals surface area (Å²) >= 11 is 0. The van der Waals surface area contributed by atoms with Crippen LogP contribution in [-0.2, 0) is 21.6 Å². The lowest BCUT2D eigenvalue weighted by atomic mass is 10.1. The van der Waals surface area contributed by atoms with Gasteiger partial charge in [-0.05, 0) is 43.2 Å². The normalized spacial score (nSPS) is 20.3. The van der Waals surface area contributed by atoms with Gasteiger partial charge in [-0.1, -0.05) is 12.5 Å². The summed E-state index contributed by atoms with van der Waals surface area (Å²) < 4.78 is 46.5. The van der Waals surface area contributed by atoms with Gasteiger partial charge in [0.2, 0.25) is 0 Å². The lowest BCUT2D eigenvalue weighted by molar-refractivity contribution is 0.256. The van der Waals surface area contributed by atoms with Crippen molar-refractivity contribution in [3.8, 4) is 11.5 Å². The minimum atomic E-state index is -3.56. The van der Waals surface area contributed by atoms with E-state index in [1.54, 1.807) is 25.3 Å². The molecule has 1 fully saturated rings. The maximum absolute atomic E-state index is 12.6. The van der Waals surface area contributed by atoms with Crippen LogP contribution in [0.15, 0.2) is 41.4 Å². The molecule has 0 aromatic heterocycles. The molecule has 3 aliphatic rings. The van der Waals surface area contributed by atoms with Crippen LogP contribution >= 0.6 is 0 Å². The number of benzene rings is 2. The van der Waals surface area contributed by atoms with Crippen molar-refractivity contribution in [2.75, 3.05) is 31.5 Å². The molecule has 2 N–H and O–H groups in total. The number of piperidine rings is 1. The predicted molar refractivity (Wildman–Crippen MR) is 121 cm³/mol. The lowest BCUT2D eigenvalue weighted by Gasteiger charge is -2.26. The molecule has 0 radical (unpaired) electrons. The Morgan fingerprint density at radius 3 is 2.78 bits per heavy atom. The highest BCUT2D eigenvalue weighted by atomic mass is 32.2. The quantitative estimate of drug-likeness (QED) is 0.714. The molecule has 32 heavy (non-hydrogen) atoms. The van der Waals surface area contributed by atoms with Crippen LogP contribution in [0.4, 0.5) is 11.4 Å². The van der Waals surface area contributed by atoms with Gasteiger partial charge in [-0.15, -0.1) is 0 Å². The maximum Gasteiger partial charge on any atom is 0.301 e. The Labute approximate surface area is 187 Å². The monoisotopic (exact) mass is 458 g/mol. The summed E-state index contributed by atoms with van der Waals surface area (Å²) in [6.07, 6.45) is 2.86. The second-order valence-electron chi connectivity index (χ2n) is 8.00. The summed E-state index contributed by atoms with van der Waals surface area (Å²) in [4.78, 5) is 4.56. The number of ether oxygens (including phenoxy) is 3. The minimum Gasteiger partial charge on any atom is -0.496 e. The van der Waals surface area contributed by atoms with Gasteiger partial charge in [-0.3, -0.25) is 4.72 Å². The molecule has 0 amide bonds. The molecule has 10 heteroatoms. The minimum absolute atomic E-state index is 0.142. The summed E-state index contributed by atoms with van der Waals surface area (Å²) in [5.74, 6) is 1.53. The number of methoxy groups -OCH3 is 1. The summed E-state index contributed by atoms with van der Waals surface area (Å²) in [6, 6.07) is 11.2. The molecule has 170 valence electrons. The van der Waals surface area contributed by atoms with Crippen molar-refractivity contribution in [2.24, 2.45) is 4.99 Å². The van der Waals surface area contributed by atoms with E-state index in [0.29, 0.717) is 31.4 Å². The molecule has 1 saturated heterocycles. The number of nitrogens with zero attached hydrogens (tertiary/aromatic N) is 2. The second-order valence-corrected chi connectivity index (χ2v) is 9.67. The van der Waals surface area contributed by atoms with E-state index in [9.17, 15) is 8.42 Å². The van der Waals surface area contributed by atoms with Crippen molar-refractivity contribution in [1.29, 1.82) is 0 Å². The highest BCUT2D eigenvalue weighted by Crippen LogP contribution is 2.39. The zero-order valence-corrected chi connectivity index (χ0v) is 18.7. The molecule has 2 aromatic carbocycles. The summed E-state index contributed by atoms with van der Waals surface area (Å²) in [5.41, 5.74) is 3.00. The van der Waals surface area contributed by atoms with E-state index < -0.39 is 10.2 Å².